The molecule has 0 bridgehead atoms. The molecule has 1 atom stereocenters. The molecule has 4 nitrogen and oxygen atoms in total. The van der Waals surface area contributed by atoms with Crippen LogP contribution in [0.25, 0.3) is 16.8 Å². The lowest BCUT2D eigenvalue weighted by Gasteiger charge is -2.13. The Hall–Kier alpha value is -2.92. The highest BCUT2D eigenvalue weighted by molar-refractivity contribution is 8.05. The van der Waals surface area contributed by atoms with E-state index >= 15 is 0 Å². The van der Waals surface area contributed by atoms with Gasteiger partial charge in [0.1, 0.15) is 5.75 Å². The third-order valence-corrected chi connectivity index (χ3v) is 5.85. The van der Waals surface area contributed by atoms with Crippen LogP contribution in [0.5, 0.6) is 5.75 Å². The quantitative estimate of drug-likeness (QED) is 0.601. The number of thioether (sulfide) groups is 1. The van der Waals surface area contributed by atoms with Gasteiger partial charge in [-0.2, -0.15) is 0 Å². The maximum Gasteiger partial charge on any atom is 0.260 e. The van der Waals surface area contributed by atoms with Gasteiger partial charge in [-0.1, -0.05) is 61.2 Å². The molecule has 0 spiro atoms. The molecule has 0 saturated carbocycles. The number of rotatable bonds is 5. The zero-order valence-corrected chi connectivity index (χ0v) is 16.7. The first kappa shape index (κ1) is 18.4. The van der Waals surface area contributed by atoms with Crippen molar-refractivity contribution in [3.05, 3.63) is 76.7 Å². The minimum atomic E-state index is -0.202. The number of ether oxygens (including phenoxy) is 1. The Balaban J connectivity index is 1.60. The summed E-state index contributed by atoms with van der Waals surface area (Å²) in [6.07, 6.45) is 2.93. The van der Waals surface area contributed by atoms with E-state index in [2.05, 4.69) is 35.8 Å². The molecule has 1 heterocycles. The zero-order valence-electron chi connectivity index (χ0n) is 15.9. The Labute approximate surface area is 169 Å². The van der Waals surface area contributed by atoms with Crippen LogP contribution in [-0.4, -0.2) is 18.5 Å². The standard InChI is InChI=1S/C23H22N2O2S/c1-3-15-8-11-17(12-9-15)24-23-25-22(26)21(28-23)14-19-18-7-5-4-6-16(18)10-13-20(19)27-2/h4-14,23-24H,3H2,1-2H3,(H,25,26)/b21-14+/t23-/m0/s1. The summed E-state index contributed by atoms with van der Waals surface area (Å²) < 4.78 is 5.54. The van der Waals surface area contributed by atoms with Gasteiger partial charge in [0.25, 0.3) is 5.91 Å². The number of nitrogens with one attached hydrogen (secondary N) is 2. The van der Waals surface area contributed by atoms with Crippen LogP contribution in [0.1, 0.15) is 18.1 Å². The molecule has 1 aliphatic heterocycles. The van der Waals surface area contributed by atoms with Crippen LogP contribution >= 0.6 is 11.8 Å². The molecular formula is C23H22N2O2S. The number of carbonyl (C=O) groups excluding carboxylic acids is 1. The highest BCUT2D eigenvalue weighted by Gasteiger charge is 2.27. The number of benzene rings is 3. The fraction of sp³-hybridized carbons (Fsp3) is 0.174. The van der Waals surface area contributed by atoms with Crippen LogP contribution in [-0.2, 0) is 11.2 Å². The molecule has 0 aromatic heterocycles. The van der Waals surface area contributed by atoms with Gasteiger partial charge in [0.05, 0.1) is 12.0 Å². The third-order valence-electron chi connectivity index (χ3n) is 4.82. The van der Waals surface area contributed by atoms with Gasteiger partial charge in [-0.15, -0.1) is 0 Å². The lowest BCUT2D eigenvalue weighted by Crippen LogP contribution is -2.30. The average Bonchev–Trinajstić information content (AvgIpc) is 3.07. The summed E-state index contributed by atoms with van der Waals surface area (Å²) in [5.41, 5.74) is 3.00. The van der Waals surface area contributed by atoms with Crippen molar-refractivity contribution in [1.82, 2.24) is 5.32 Å². The molecule has 3 aromatic carbocycles. The first-order chi connectivity index (χ1) is 13.7. The molecule has 1 amide bonds. The molecule has 1 fully saturated rings. The number of hydrogen-bond acceptors (Lipinski definition) is 4. The molecule has 0 unspecified atom stereocenters. The molecule has 1 saturated heterocycles. The van der Waals surface area contributed by atoms with E-state index in [0.29, 0.717) is 4.91 Å². The molecule has 4 rings (SSSR count). The van der Waals surface area contributed by atoms with Crippen LogP contribution < -0.4 is 15.4 Å². The van der Waals surface area contributed by atoms with Gasteiger partial charge < -0.3 is 15.4 Å². The number of hydrogen-bond donors (Lipinski definition) is 2. The number of amides is 1. The Bertz CT molecular complexity index is 1040. The second-order valence-corrected chi connectivity index (χ2v) is 7.72. The Morgan fingerprint density at radius 2 is 1.89 bits per heavy atom. The largest absolute Gasteiger partial charge is 0.496 e. The summed E-state index contributed by atoms with van der Waals surface area (Å²) in [5, 5.41) is 8.53. The Morgan fingerprint density at radius 3 is 2.64 bits per heavy atom. The fourth-order valence-corrected chi connectivity index (χ4v) is 4.25. The Kier molecular flexibility index (Phi) is 5.26. The predicted octanol–water partition coefficient (Wildman–Crippen LogP) is 5.01. The number of aryl methyl sites for hydroxylation is 1. The summed E-state index contributed by atoms with van der Waals surface area (Å²) in [5.74, 6) is 0.675. The summed E-state index contributed by atoms with van der Waals surface area (Å²) in [7, 11) is 1.65. The number of carbonyl (C=O) groups is 1. The molecule has 28 heavy (non-hydrogen) atoms. The van der Waals surface area contributed by atoms with Crippen molar-refractivity contribution in [2.45, 2.75) is 18.8 Å². The summed E-state index contributed by atoms with van der Waals surface area (Å²) >= 11 is 1.48. The van der Waals surface area contributed by atoms with Crippen LogP contribution in [0.2, 0.25) is 0 Å². The van der Waals surface area contributed by atoms with Crippen LogP contribution in [0.3, 0.4) is 0 Å². The fourth-order valence-electron chi connectivity index (χ4n) is 3.29. The van der Waals surface area contributed by atoms with E-state index in [1.807, 2.05) is 48.5 Å². The smallest absolute Gasteiger partial charge is 0.260 e. The SMILES string of the molecule is CCc1ccc(N[C@H]2NC(=O)/C(=C\c3c(OC)ccc4ccccc34)S2)cc1. The van der Waals surface area contributed by atoms with Crippen LogP contribution in [0.4, 0.5) is 5.69 Å². The van der Waals surface area contributed by atoms with E-state index in [-0.39, 0.29) is 11.4 Å². The van der Waals surface area contributed by atoms with E-state index in [4.69, 9.17) is 4.74 Å². The summed E-state index contributed by atoms with van der Waals surface area (Å²) in [6.45, 7) is 2.13. The lowest BCUT2D eigenvalue weighted by molar-refractivity contribution is -0.116. The number of methoxy groups -OCH3 is 1. The van der Waals surface area contributed by atoms with Crippen molar-refractivity contribution < 1.29 is 9.53 Å². The summed E-state index contributed by atoms with van der Waals surface area (Å²) in [4.78, 5) is 13.2. The van der Waals surface area contributed by atoms with Gasteiger partial charge in [-0.25, -0.2) is 0 Å². The van der Waals surface area contributed by atoms with Gasteiger partial charge in [0, 0.05) is 11.3 Å². The van der Waals surface area contributed by atoms with E-state index in [9.17, 15) is 4.79 Å². The second kappa shape index (κ2) is 7.98. The van der Waals surface area contributed by atoms with Crippen LogP contribution in [0.15, 0.2) is 65.6 Å². The van der Waals surface area contributed by atoms with E-state index in [0.717, 1.165) is 34.2 Å². The minimum absolute atomic E-state index is 0.0809. The maximum absolute atomic E-state index is 12.5. The van der Waals surface area contributed by atoms with E-state index in [1.54, 1.807) is 7.11 Å². The first-order valence-corrected chi connectivity index (χ1v) is 10.2. The average molecular weight is 391 g/mol. The molecule has 3 aromatic rings. The molecule has 142 valence electrons. The van der Waals surface area contributed by atoms with Crippen molar-refractivity contribution in [1.29, 1.82) is 0 Å². The highest BCUT2D eigenvalue weighted by atomic mass is 32.2. The van der Waals surface area contributed by atoms with Gasteiger partial charge in [0.15, 0.2) is 5.50 Å². The van der Waals surface area contributed by atoms with Gasteiger partial charge >= 0.3 is 0 Å². The maximum atomic E-state index is 12.5. The number of anilines is 1. The predicted molar refractivity (Wildman–Crippen MR) is 117 cm³/mol. The van der Waals surface area contributed by atoms with Crippen molar-refractivity contribution in [2.24, 2.45) is 0 Å². The zero-order chi connectivity index (χ0) is 19.5. The first-order valence-electron chi connectivity index (χ1n) is 9.28. The normalized spacial score (nSPS) is 17.7. The molecule has 0 aliphatic carbocycles. The molecular weight excluding hydrogens is 368 g/mol. The lowest BCUT2D eigenvalue weighted by atomic mass is 10.0. The van der Waals surface area contributed by atoms with Crippen molar-refractivity contribution in [2.75, 3.05) is 12.4 Å². The minimum Gasteiger partial charge on any atom is -0.496 e. The van der Waals surface area contributed by atoms with Crippen molar-refractivity contribution >= 4 is 40.2 Å². The Morgan fingerprint density at radius 1 is 1.11 bits per heavy atom. The highest BCUT2D eigenvalue weighted by Crippen LogP contribution is 2.35. The molecule has 1 aliphatic rings. The topological polar surface area (TPSA) is 50.4 Å². The van der Waals surface area contributed by atoms with E-state index < -0.39 is 0 Å². The monoisotopic (exact) mass is 390 g/mol. The molecule has 2 N–H and O–H groups in total. The van der Waals surface area contributed by atoms with E-state index in [1.165, 1.54) is 17.3 Å². The van der Waals surface area contributed by atoms with Crippen molar-refractivity contribution in [3.63, 3.8) is 0 Å². The molecule has 0 radical (unpaired) electrons. The van der Waals surface area contributed by atoms with Crippen molar-refractivity contribution in [3.8, 4) is 5.75 Å². The number of fused-ring (bicyclic) bond motifs is 1. The summed E-state index contributed by atoms with van der Waals surface area (Å²) in [6, 6.07) is 20.4. The second-order valence-electron chi connectivity index (χ2n) is 6.58. The third kappa shape index (κ3) is 3.71. The van der Waals surface area contributed by atoms with Gasteiger partial charge in [-0.3, -0.25) is 4.79 Å². The van der Waals surface area contributed by atoms with Crippen LogP contribution in [0, 0.1) is 0 Å². The molecule has 5 heteroatoms. The van der Waals surface area contributed by atoms with Gasteiger partial charge in [0.2, 0.25) is 0 Å². The van der Waals surface area contributed by atoms with Gasteiger partial charge in [-0.05, 0) is 47.0 Å².